The standard InChI is InChI=1S/C22H39N3O6/c1-13(2)11-17(25-21(30)31-22(4,5)6)19(27)23-12-15-7-9-16(10-8-15)18(26)24-14(3)20(28)29/h13-17H,7-12H2,1-6H3,(H,23,27)(H,24,26)(H,25,30)(H,28,29)/t14-,15?,16?,17-/m0/s1. The average molecular weight is 442 g/mol. The first-order valence-electron chi connectivity index (χ1n) is 11.1. The molecule has 0 heterocycles. The number of aliphatic carboxylic acids is 1. The van der Waals surface area contributed by atoms with E-state index in [1.165, 1.54) is 6.92 Å². The van der Waals surface area contributed by atoms with Crippen LogP contribution in [0.4, 0.5) is 4.79 Å². The molecule has 0 radical (unpaired) electrons. The van der Waals surface area contributed by atoms with Gasteiger partial charge in [0.05, 0.1) is 0 Å². The molecule has 0 saturated heterocycles. The van der Waals surface area contributed by atoms with E-state index in [1.54, 1.807) is 20.8 Å². The van der Waals surface area contributed by atoms with Gasteiger partial charge in [0.25, 0.3) is 0 Å². The van der Waals surface area contributed by atoms with E-state index in [1.807, 2.05) is 13.8 Å². The molecule has 31 heavy (non-hydrogen) atoms. The smallest absolute Gasteiger partial charge is 0.408 e. The zero-order valence-electron chi connectivity index (χ0n) is 19.6. The summed E-state index contributed by atoms with van der Waals surface area (Å²) < 4.78 is 5.27. The van der Waals surface area contributed by atoms with Crippen LogP contribution >= 0.6 is 0 Å². The average Bonchev–Trinajstić information content (AvgIpc) is 2.63. The highest BCUT2D eigenvalue weighted by atomic mass is 16.6. The zero-order chi connectivity index (χ0) is 23.8. The van der Waals surface area contributed by atoms with Crippen LogP contribution in [0.5, 0.6) is 0 Å². The quantitative estimate of drug-likeness (QED) is 0.434. The molecular weight excluding hydrogens is 402 g/mol. The van der Waals surface area contributed by atoms with Gasteiger partial charge in [-0.15, -0.1) is 0 Å². The van der Waals surface area contributed by atoms with Crippen LogP contribution in [0.1, 0.15) is 73.6 Å². The van der Waals surface area contributed by atoms with Gasteiger partial charge >= 0.3 is 12.1 Å². The van der Waals surface area contributed by atoms with E-state index >= 15 is 0 Å². The number of alkyl carbamates (subject to hydrolysis) is 1. The van der Waals surface area contributed by atoms with Crippen LogP contribution in [0.3, 0.4) is 0 Å². The molecule has 1 aliphatic carbocycles. The van der Waals surface area contributed by atoms with Crippen molar-refractivity contribution in [3.05, 3.63) is 0 Å². The van der Waals surface area contributed by atoms with Crippen molar-refractivity contribution < 1.29 is 29.0 Å². The van der Waals surface area contributed by atoms with Crippen molar-refractivity contribution in [2.45, 2.75) is 91.3 Å². The Morgan fingerprint density at radius 2 is 1.58 bits per heavy atom. The second-order valence-corrected chi connectivity index (χ2v) is 9.86. The molecule has 1 aliphatic rings. The molecule has 1 fully saturated rings. The maximum absolute atomic E-state index is 12.7. The fourth-order valence-corrected chi connectivity index (χ4v) is 3.54. The highest BCUT2D eigenvalue weighted by Gasteiger charge is 2.29. The van der Waals surface area contributed by atoms with Crippen molar-refractivity contribution in [3.8, 4) is 0 Å². The summed E-state index contributed by atoms with van der Waals surface area (Å²) in [6, 6.07) is -1.57. The minimum Gasteiger partial charge on any atom is -0.480 e. The Kier molecular flexibility index (Phi) is 10.3. The van der Waals surface area contributed by atoms with Crippen LogP contribution in [0.25, 0.3) is 0 Å². The number of carboxylic acids is 1. The van der Waals surface area contributed by atoms with Gasteiger partial charge in [-0.1, -0.05) is 13.8 Å². The lowest BCUT2D eigenvalue weighted by atomic mass is 9.81. The SMILES string of the molecule is CC(C)C[C@H](NC(=O)OC(C)(C)C)C(=O)NCC1CCC(C(=O)N[C@@H](C)C(=O)O)CC1. The van der Waals surface area contributed by atoms with Gasteiger partial charge in [-0.25, -0.2) is 4.79 Å². The molecule has 9 heteroatoms. The first kappa shape index (κ1) is 26.7. The van der Waals surface area contributed by atoms with E-state index in [4.69, 9.17) is 9.84 Å². The van der Waals surface area contributed by atoms with Gasteiger partial charge in [-0.05, 0) is 71.6 Å². The Morgan fingerprint density at radius 3 is 2.06 bits per heavy atom. The number of rotatable bonds is 9. The van der Waals surface area contributed by atoms with Crippen molar-refractivity contribution in [2.24, 2.45) is 17.8 Å². The maximum atomic E-state index is 12.7. The zero-order valence-corrected chi connectivity index (χ0v) is 19.6. The first-order chi connectivity index (χ1) is 14.3. The second kappa shape index (κ2) is 11.9. The summed E-state index contributed by atoms with van der Waals surface area (Å²) in [5.74, 6) is -1.26. The van der Waals surface area contributed by atoms with Gasteiger partial charge in [-0.3, -0.25) is 14.4 Å². The first-order valence-corrected chi connectivity index (χ1v) is 11.1. The van der Waals surface area contributed by atoms with E-state index in [0.29, 0.717) is 25.8 Å². The summed E-state index contributed by atoms with van der Waals surface area (Å²) in [6.07, 6.45) is 2.74. The lowest BCUT2D eigenvalue weighted by Crippen LogP contribution is -2.49. The van der Waals surface area contributed by atoms with Gasteiger partial charge in [-0.2, -0.15) is 0 Å². The monoisotopic (exact) mass is 441 g/mol. The molecule has 0 spiro atoms. The summed E-state index contributed by atoms with van der Waals surface area (Å²) in [5, 5.41) is 17.0. The fraction of sp³-hybridized carbons (Fsp3) is 0.818. The molecule has 4 N–H and O–H groups in total. The Hall–Kier alpha value is -2.32. The number of amides is 3. The van der Waals surface area contributed by atoms with Crippen LogP contribution in [0, 0.1) is 17.8 Å². The number of carbonyl (C=O) groups excluding carboxylic acids is 3. The molecule has 1 rings (SSSR count). The Bertz CT molecular complexity index is 636. The van der Waals surface area contributed by atoms with Gasteiger partial charge in [0.1, 0.15) is 17.7 Å². The largest absolute Gasteiger partial charge is 0.480 e. The summed E-state index contributed by atoms with van der Waals surface area (Å²) in [7, 11) is 0. The van der Waals surface area contributed by atoms with E-state index < -0.39 is 29.7 Å². The Balaban J connectivity index is 2.49. The van der Waals surface area contributed by atoms with E-state index in [2.05, 4.69) is 16.0 Å². The molecule has 0 aromatic heterocycles. The van der Waals surface area contributed by atoms with Crippen LogP contribution in [0.2, 0.25) is 0 Å². The Morgan fingerprint density at radius 1 is 1.00 bits per heavy atom. The van der Waals surface area contributed by atoms with Gasteiger partial charge in [0, 0.05) is 12.5 Å². The predicted molar refractivity (Wildman–Crippen MR) is 116 cm³/mol. The van der Waals surface area contributed by atoms with Gasteiger partial charge in [0.15, 0.2) is 0 Å². The molecule has 0 aromatic carbocycles. The number of hydrogen-bond donors (Lipinski definition) is 4. The topological polar surface area (TPSA) is 134 Å². The summed E-state index contributed by atoms with van der Waals surface area (Å²) >= 11 is 0. The van der Waals surface area contributed by atoms with Crippen LogP contribution in [0.15, 0.2) is 0 Å². The number of nitrogens with one attached hydrogen (secondary N) is 3. The fourth-order valence-electron chi connectivity index (χ4n) is 3.54. The lowest BCUT2D eigenvalue weighted by molar-refractivity contribution is -0.142. The summed E-state index contributed by atoms with van der Waals surface area (Å²) in [4.78, 5) is 47.8. The normalized spacial score (nSPS) is 21.0. The molecule has 178 valence electrons. The molecular formula is C22H39N3O6. The van der Waals surface area contributed by atoms with Crippen molar-refractivity contribution in [2.75, 3.05) is 6.54 Å². The molecule has 0 aliphatic heterocycles. The molecule has 2 atom stereocenters. The van der Waals surface area contributed by atoms with Gasteiger partial charge in [0.2, 0.25) is 11.8 Å². The number of carboxylic acid groups (broad SMARTS) is 1. The predicted octanol–water partition coefficient (Wildman–Crippen LogP) is 2.44. The molecule has 9 nitrogen and oxygen atoms in total. The summed E-state index contributed by atoms with van der Waals surface area (Å²) in [6.45, 7) is 11.2. The van der Waals surface area contributed by atoms with Crippen LogP contribution < -0.4 is 16.0 Å². The minimum atomic E-state index is -1.05. The number of carbonyl (C=O) groups is 4. The molecule has 3 amide bonds. The maximum Gasteiger partial charge on any atom is 0.408 e. The minimum absolute atomic E-state index is 0.198. The van der Waals surface area contributed by atoms with Gasteiger partial charge < -0.3 is 25.8 Å². The van der Waals surface area contributed by atoms with Crippen LogP contribution in [-0.4, -0.2) is 53.2 Å². The van der Waals surface area contributed by atoms with Crippen molar-refractivity contribution in [1.29, 1.82) is 0 Å². The molecule has 1 saturated carbocycles. The highest BCUT2D eigenvalue weighted by molar-refractivity contribution is 5.86. The van der Waals surface area contributed by atoms with E-state index in [-0.39, 0.29) is 29.6 Å². The van der Waals surface area contributed by atoms with E-state index in [9.17, 15) is 19.2 Å². The van der Waals surface area contributed by atoms with Crippen LogP contribution in [-0.2, 0) is 19.1 Å². The lowest BCUT2D eigenvalue weighted by Gasteiger charge is -2.29. The highest BCUT2D eigenvalue weighted by Crippen LogP contribution is 2.28. The number of hydrogen-bond acceptors (Lipinski definition) is 5. The van der Waals surface area contributed by atoms with Crippen molar-refractivity contribution in [1.82, 2.24) is 16.0 Å². The van der Waals surface area contributed by atoms with Crippen molar-refractivity contribution >= 4 is 23.9 Å². The molecule has 0 aromatic rings. The number of ether oxygens (including phenoxy) is 1. The third kappa shape index (κ3) is 10.5. The summed E-state index contributed by atoms with van der Waals surface area (Å²) in [5.41, 5.74) is -0.643. The molecule has 0 bridgehead atoms. The third-order valence-corrected chi connectivity index (χ3v) is 5.23. The molecule has 0 unspecified atom stereocenters. The van der Waals surface area contributed by atoms with Crippen molar-refractivity contribution in [3.63, 3.8) is 0 Å². The second-order valence-electron chi connectivity index (χ2n) is 9.86. The Labute approximate surface area is 185 Å². The third-order valence-electron chi connectivity index (χ3n) is 5.23. The van der Waals surface area contributed by atoms with E-state index in [0.717, 1.165) is 12.8 Å².